The molecule has 3 nitrogen and oxygen atoms in total. The van der Waals surface area contributed by atoms with Crippen molar-refractivity contribution in [1.29, 1.82) is 0 Å². The number of carbonyl (C=O) groups is 1. The van der Waals surface area contributed by atoms with Gasteiger partial charge in [0.25, 0.3) is 5.91 Å². The SMILES string of the molecule is C[C@H](NC(=O)c1ccc(Cl)cc1Cl)c1cc2ccccc2o1. The van der Waals surface area contributed by atoms with Crippen molar-refractivity contribution in [2.24, 2.45) is 0 Å². The molecule has 1 atom stereocenters. The van der Waals surface area contributed by atoms with Crippen LogP contribution in [0.25, 0.3) is 11.0 Å². The van der Waals surface area contributed by atoms with Crippen molar-refractivity contribution in [1.82, 2.24) is 5.32 Å². The number of amides is 1. The van der Waals surface area contributed by atoms with Crippen molar-refractivity contribution in [2.45, 2.75) is 13.0 Å². The predicted octanol–water partition coefficient (Wildman–Crippen LogP) is 5.23. The molecule has 2 aromatic carbocycles. The maximum atomic E-state index is 12.3. The molecule has 0 fully saturated rings. The molecule has 3 rings (SSSR count). The molecule has 1 aromatic heterocycles. The highest BCUT2D eigenvalue weighted by molar-refractivity contribution is 6.36. The van der Waals surface area contributed by atoms with Crippen LogP contribution in [-0.4, -0.2) is 5.91 Å². The molecular weight excluding hydrogens is 321 g/mol. The molecule has 22 heavy (non-hydrogen) atoms. The largest absolute Gasteiger partial charge is 0.459 e. The number of benzene rings is 2. The fourth-order valence-corrected chi connectivity index (χ4v) is 2.73. The fourth-order valence-electron chi connectivity index (χ4n) is 2.23. The van der Waals surface area contributed by atoms with Gasteiger partial charge in [-0.25, -0.2) is 0 Å². The normalized spacial score (nSPS) is 12.3. The molecule has 0 unspecified atom stereocenters. The average Bonchev–Trinajstić information content (AvgIpc) is 2.91. The molecule has 0 aliphatic carbocycles. The second kappa shape index (κ2) is 6.03. The molecule has 5 heteroatoms. The Balaban J connectivity index is 1.81. The Kier molecular flexibility index (Phi) is 4.10. The standard InChI is InChI=1S/C17H13Cl2NO2/c1-10(16-8-11-4-2-3-5-15(11)22-16)20-17(21)13-7-6-12(18)9-14(13)19/h2-10H,1H3,(H,20,21)/t10-/m0/s1. The molecule has 3 aromatic rings. The monoisotopic (exact) mass is 333 g/mol. The van der Waals surface area contributed by atoms with E-state index in [4.69, 9.17) is 27.6 Å². The lowest BCUT2D eigenvalue weighted by Gasteiger charge is -2.12. The second-order valence-corrected chi connectivity index (χ2v) is 5.85. The summed E-state index contributed by atoms with van der Waals surface area (Å²) in [4.78, 5) is 12.3. The van der Waals surface area contributed by atoms with E-state index in [2.05, 4.69) is 5.32 Å². The molecule has 1 amide bonds. The van der Waals surface area contributed by atoms with E-state index in [0.29, 0.717) is 21.4 Å². The van der Waals surface area contributed by atoms with Crippen LogP contribution in [0.4, 0.5) is 0 Å². The number of rotatable bonds is 3. The third-order valence-corrected chi connectivity index (χ3v) is 3.94. The van der Waals surface area contributed by atoms with E-state index in [0.717, 1.165) is 11.0 Å². The number of hydrogen-bond donors (Lipinski definition) is 1. The van der Waals surface area contributed by atoms with Gasteiger partial charge in [0.05, 0.1) is 16.6 Å². The maximum Gasteiger partial charge on any atom is 0.253 e. The van der Waals surface area contributed by atoms with Gasteiger partial charge in [0.2, 0.25) is 0 Å². The minimum atomic E-state index is -0.272. The van der Waals surface area contributed by atoms with Crippen molar-refractivity contribution < 1.29 is 9.21 Å². The van der Waals surface area contributed by atoms with Crippen LogP contribution in [0.15, 0.2) is 52.9 Å². The van der Waals surface area contributed by atoms with Gasteiger partial charge >= 0.3 is 0 Å². The van der Waals surface area contributed by atoms with Gasteiger partial charge in [-0.1, -0.05) is 41.4 Å². The minimum Gasteiger partial charge on any atom is -0.459 e. The molecule has 0 spiro atoms. The zero-order chi connectivity index (χ0) is 15.7. The van der Waals surface area contributed by atoms with Gasteiger partial charge in [-0.3, -0.25) is 4.79 Å². The van der Waals surface area contributed by atoms with Crippen LogP contribution in [0.2, 0.25) is 10.0 Å². The van der Waals surface area contributed by atoms with Crippen molar-refractivity contribution in [3.05, 3.63) is 69.9 Å². The number of nitrogens with one attached hydrogen (secondary N) is 1. The molecule has 112 valence electrons. The van der Waals surface area contributed by atoms with Crippen LogP contribution in [0.1, 0.15) is 29.1 Å². The van der Waals surface area contributed by atoms with Gasteiger partial charge in [-0.15, -0.1) is 0 Å². The van der Waals surface area contributed by atoms with Crippen molar-refractivity contribution in [3.8, 4) is 0 Å². The minimum absolute atomic E-state index is 0.269. The number of para-hydroxylation sites is 1. The molecular formula is C17H13Cl2NO2. The lowest BCUT2D eigenvalue weighted by atomic mass is 10.1. The third kappa shape index (κ3) is 2.96. The molecule has 1 heterocycles. The quantitative estimate of drug-likeness (QED) is 0.712. The van der Waals surface area contributed by atoms with Crippen molar-refractivity contribution >= 4 is 40.1 Å². The Morgan fingerprint density at radius 1 is 1.14 bits per heavy atom. The van der Waals surface area contributed by atoms with Gasteiger partial charge in [0.1, 0.15) is 11.3 Å². The van der Waals surface area contributed by atoms with Crippen molar-refractivity contribution in [2.75, 3.05) is 0 Å². The number of hydrogen-bond acceptors (Lipinski definition) is 2. The van der Waals surface area contributed by atoms with Gasteiger partial charge in [-0.05, 0) is 37.3 Å². The van der Waals surface area contributed by atoms with Crippen LogP contribution in [0.3, 0.4) is 0 Å². The van der Waals surface area contributed by atoms with Gasteiger partial charge in [0.15, 0.2) is 0 Å². The average molecular weight is 334 g/mol. The van der Waals surface area contributed by atoms with E-state index in [1.165, 1.54) is 0 Å². The third-order valence-electron chi connectivity index (χ3n) is 3.39. The van der Waals surface area contributed by atoms with E-state index in [9.17, 15) is 4.79 Å². The number of halogens is 2. The number of furan rings is 1. The molecule has 0 aliphatic rings. The van der Waals surface area contributed by atoms with Crippen molar-refractivity contribution in [3.63, 3.8) is 0 Å². The Hall–Kier alpha value is -1.97. The Labute approximate surface area is 137 Å². The molecule has 0 saturated carbocycles. The molecule has 0 aliphatic heterocycles. The summed E-state index contributed by atoms with van der Waals surface area (Å²) >= 11 is 11.9. The summed E-state index contributed by atoms with van der Waals surface area (Å²) in [6, 6.07) is 14.1. The smallest absolute Gasteiger partial charge is 0.253 e. The topological polar surface area (TPSA) is 42.2 Å². The summed E-state index contributed by atoms with van der Waals surface area (Å²) in [5.41, 5.74) is 1.18. The number of carbonyl (C=O) groups excluding carboxylic acids is 1. The zero-order valence-corrected chi connectivity index (χ0v) is 13.3. The highest BCUT2D eigenvalue weighted by atomic mass is 35.5. The van der Waals surface area contributed by atoms with E-state index in [1.54, 1.807) is 18.2 Å². The predicted molar refractivity (Wildman–Crippen MR) is 88.6 cm³/mol. The maximum absolute atomic E-state index is 12.3. The van der Waals surface area contributed by atoms with E-state index in [-0.39, 0.29) is 11.9 Å². The van der Waals surface area contributed by atoms with Crippen LogP contribution in [0, 0.1) is 0 Å². The Morgan fingerprint density at radius 3 is 2.64 bits per heavy atom. The molecule has 0 saturated heterocycles. The van der Waals surface area contributed by atoms with Gasteiger partial charge in [-0.2, -0.15) is 0 Å². The van der Waals surface area contributed by atoms with Crippen LogP contribution < -0.4 is 5.32 Å². The summed E-state index contributed by atoms with van der Waals surface area (Å²) in [5, 5.41) is 4.69. The van der Waals surface area contributed by atoms with E-state index in [1.807, 2.05) is 37.3 Å². The van der Waals surface area contributed by atoms with E-state index < -0.39 is 0 Å². The first kappa shape index (κ1) is 14.9. The first-order chi connectivity index (χ1) is 10.5. The Bertz CT molecular complexity index is 809. The lowest BCUT2D eigenvalue weighted by molar-refractivity contribution is 0.0936. The second-order valence-electron chi connectivity index (χ2n) is 5.01. The first-order valence-electron chi connectivity index (χ1n) is 6.79. The summed E-state index contributed by atoms with van der Waals surface area (Å²) in [7, 11) is 0. The zero-order valence-electron chi connectivity index (χ0n) is 11.8. The highest BCUT2D eigenvalue weighted by Crippen LogP contribution is 2.25. The Morgan fingerprint density at radius 2 is 1.91 bits per heavy atom. The number of fused-ring (bicyclic) bond motifs is 1. The summed E-state index contributed by atoms with van der Waals surface area (Å²) < 4.78 is 5.75. The molecule has 1 N–H and O–H groups in total. The molecule has 0 radical (unpaired) electrons. The fraction of sp³-hybridized carbons (Fsp3) is 0.118. The van der Waals surface area contributed by atoms with Crippen LogP contribution in [-0.2, 0) is 0 Å². The van der Waals surface area contributed by atoms with Crippen LogP contribution >= 0.6 is 23.2 Å². The van der Waals surface area contributed by atoms with Gasteiger partial charge < -0.3 is 9.73 Å². The van der Waals surface area contributed by atoms with Gasteiger partial charge in [0, 0.05) is 10.4 Å². The highest BCUT2D eigenvalue weighted by Gasteiger charge is 2.17. The lowest BCUT2D eigenvalue weighted by Crippen LogP contribution is -2.26. The molecule has 0 bridgehead atoms. The summed E-state index contributed by atoms with van der Waals surface area (Å²) in [6.45, 7) is 1.86. The first-order valence-corrected chi connectivity index (χ1v) is 7.54. The van der Waals surface area contributed by atoms with E-state index >= 15 is 0 Å². The summed E-state index contributed by atoms with van der Waals surface area (Å²) in [6.07, 6.45) is 0. The summed E-state index contributed by atoms with van der Waals surface area (Å²) in [5.74, 6) is 0.425. The van der Waals surface area contributed by atoms with Crippen LogP contribution in [0.5, 0.6) is 0 Å².